The van der Waals surface area contributed by atoms with Crippen molar-refractivity contribution in [3.8, 4) is 0 Å². The Kier molecular flexibility index (Phi) is 5.13. The van der Waals surface area contributed by atoms with Crippen LogP contribution in [-0.2, 0) is 10.3 Å². The van der Waals surface area contributed by atoms with Gasteiger partial charge in [-0.25, -0.2) is 18.2 Å². The molecule has 2 heterocycles. The fourth-order valence-corrected chi connectivity index (χ4v) is 2.75. The lowest BCUT2D eigenvalue weighted by molar-refractivity contribution is 0.0754. The number of hydrogen-bond donors (Lipinski definition) is 2. The molecule has 1 aliphatic rings. The first-order valence-corrected chi connectivity index (χ1v) is 8.08. The van der Waals surface area contributed by atoms with E-state index in [1.54, 1.807) is 0 Å². The van der Waals surface area contributed by atoms with E-state index < -0.39 is 29.3 Å². The highest BCUT2D eigenvalue weighted by Crippen LogP contribution is 2.36. The monoisotopic (exact) mass is 378 g/mol. The Labute approximate surface area is 153 Å². The Hall–Kier alpha value is -2.94. The molecule has 0 fully saturated rings. The number of amidine groups is 1. The second-order valence-electron chi connectivity index (χ2n) is 6.24. The maximum atomic E-state index is 14.6. The molecule has 0 bridgehead atoms. The minimum absolute atomic E-state index is 0.0259. The summed E-state index contributed by atoms with van der Waals surface area (Å²) in [6.45, 7) is 1.06. The van der Waals surface area contributed by atoms with Crippen LogP contribution in [0, 0.1) is 11.6 Å². The van der Waals surface area contributed by atoms with Gasteiger partial charge in [0.1, 0.15) is 35.3 Å². The predicted octanol–water partition coefficient (Wildman–Crippen LogP) is 2.55. The number of benzene rings is 1. The molecule has 0 saturated heterocycles. The van der Waals surface area contributed by atoms with E-state index in [1.807, 2.05) is 0 Å². The average molecular weight is 378 g/mol. The molecule has 1 amide bonds. The number of carbonyl (C=O) groups is 1. The van der Waals surface area contributed by atoms with Crippen molar-refractivity contribution in [2.45, 2.75) is 18.6 Å². The second-order valence-corrected chi connectivity index (χ2v) is 6.24. The summed E-state index contributed by atoms with van der Waals surface area (Å²) in [5.41, 5.74) is 4.18. The van der Waals surface area contributed by atoms with Crippen LogP contribution in [-0.4, -0.2) is 36.1 Å². The van der Waals surface area contributed by atoms with E-state index >= 15 is 0 Å². The Morgan fingerprint density at radius 2 is 2.11 bits per heavy atom. The minimum Gasteiger partial charge on any atom is -0.386 e. The summed E-state index contributed by atoms with van der Waals surface area (Å²) in [6.07, 6.45) is -0.735. The van der Waals surface area contributed by atoms with Crippen molar-refractivity contribution in [2.24, 2.45) is 10.7 Å². The van der Waals surface area contributed by atoms with Crippen LogP contribution in [0.15, 0.2) is 41.5 Å². The molecule has 3 N–H and O–H groups in total. The molecule has 0 saturated carbocycles. The molecule has 0 unspecified atom stereocenters. The lowest BCUT2D eigenvalue weighted by Crippen LogP contribution is -2.35. The number of ether oxygens (including phenoxy) is 1. The summed E-state index contributed by atoms with van der Waals surface area (Å²) >= 11 is 0. The van der Waals surface area contributed by atoms with Crippen LogP contribution in [0.5, 0.6) is 0 Å². The standard InChI is InChI=1S/C18H17F3N4O2/c1-18(15(21)8-27-9-16(22)25-18)12-6-11(3-4-13(12)20)24-17(26)14-5-2-10(19)7-23-14/h2-7,15H,8-9H2,1H3,(H2,22,25)(H,24,26)/t15-,18+/m0/s1. The summed E-state index contributed by atoms with van der Waals surface area (Å²) in [5.74, 6) is -1.86. The number of alkyl halides is 1. The van der Waals surface area contributed by atoms with Crippen molar-refractivity contribution in [1.29, 1.82) is 0 Å². The molecule has 3 rings (SSSR count). The number of nitrogens with two attached hydrogens (primary N) is 1. The molecule has 1 aliphatic heterocycles. The second kappa shape index (κ2) is 7.36. The number of aliphatic imine (C=N–C) groups is 1. The predicted molar refractivity (Wildman–Crippen MR) is 93.2 cm³/mol. The Balaban J connectivity index is 1.93. The quantitative estimate of drug-likeness (QED) is 0.859. The number of anilines is 1. The zero-order chi connectivity index (χ0) is 19.6. The van der Waals surface area contributed by atoms with E-state index in [-0.39, 0.29) is 36.0 Å². The maximum absolute atomic E-state index is 14.6. The fourth-order valence-electron chi connectivity index (χ4n) is 2.75. The van der Waals surface area contributed by atoms with Gasteiger partial charge in [-0.2, -0.15) is 0 Å². The van der Waals surface area contributed by atoms with E-state index in [0.717, 1.165) is 18.3 Å². The molecule has 1 aromatic carbocycles. The van der Waals surface area contributed by atoms with Gasteiger partial charge in [0, 0.05) is 11.3 Å². The number of aromatic nitrogens is 1. The van der Waals surface area contributed by atoms with Crippen molar-refractivity contribution >= 4 is 17.4 Å². The van der Waals surface area contributed by atoms with Crippen molar-refractivity contribution in [2.75, 3.05) is 18.5 Å². The van der Waals surface area contributed by atoms with Crippen molar-refractivity contribution in [1.82, 2.24) is 4.98 Å². The van der Waals surface area contributed by atoms with Gasteiger partial charge in [0.05, 0.1) is 12.8 Å². The third-order valence-corrected chi connectivity index (χ3v) is 4.23. The number of pyridine rings is 1. The van der Waals surface area contributed by atoms with E-state index in [4.69, 9.17) is 10.5 Å². The van der Waals surface area contributed by atoms with Crippen LogP contribution < -0.4 is 11.1 Å². The minimum atomic E-state index is -1.64. The number of nitrogens with one attached hydrogen (secondary N) is 1. The maximum Gasteiger partial charge on any atom is 0.274 e. The van der Waals surface area contributed by atoms with Crippen LogP contribution in [0.2, 0.25) is 0 Å². The number of hydrogen-bond acceptors (Lipinski definition) is 5. The highest BCUT2D eigenvalue weighted by atomic mass is 19.1. The van der Waals surface area contributed by atoms with Crippen molar-refractivity contribution in [3.63, 3.8) is 0 Å². The molecule has 9 heteroatoms. The largest absolute Gasteiger partial charge is 0.386 e. The van der Waals surface area contributed by atoms with Crippen LogP contribution in [0.3, 0.4) is 0 Å². The SMILES string of the molecule is C[C@]1(c2cc(NC(=O)c3ccc(F)cn3)ccc2F)N=C(N)COC[C@@H]1F. The van der Waals surface area contributed by atoms with E-state index in [1.165, 1.54) is 25.1 Å². The van der Waals surface area contributed by atoms with Gasteiger partial charge in [-0.3, -0.25) is 9.79 Å². The fraction of sp³-hybridized carbons (Fsp3) is 0.278. The highest BCUT2D eigenvalue weighted by Gasteiger charge is 2.40. The van der Waals surface area contributed by atoms with Gasteiger partial charge in [-0.15, -0.1) is 0 Å². The third-order valence-electron chi connectivity index (χ3n) is 4.23. The Morgan fingerprint density at radius 1 is 1.33 bits per heavy atom. The van der Waals surface area contributed by atoms with Crippen LogP contribution in [0.25, 0.3) is 0 Å². The summed E-state index contributed by atoms with van der Waals surface area (Å²) in [4.78, 5) is 20.0. The van der Waals surface area contributed by atoms with Crippen LogP contribution in [0.4, 0.5) is 18.9 Å². The van der Waals surface area contributed by atoms with Gasteiger partial charge in [0.25, 0.3) is 5.91 Å². The molecule has 2 aromatic rings. The van der Waals surface area contributed by atoms with Crippen LogP contribution >= 0.6 is 0 Å². The Bertz CT molecular complexity index is 889. The number of rotatable bonds is 3. The molecule has 0 aliphatic carbocycles. The molecule has 0 spiro atoms. The number of nitrogens with zero attached hydrogens (tertiary/aromatic N) is 2. The molecular formula is C18H17F3N4O2. The zero-order valence-corrected chi connectivity index (χ0v) is 14.4. The van der Waals surface area contributed by atoms with E-state index in [9.17, 15) is 18.0 Å². The molecule has 1 aromatic heterocycles. The van der Waals surface area contributed by atoms with Gasteiger partial charge in [-0.1, -0.05) is 0 Å². The lowest BCUT2D eigenvalue weighted by Gasteiger charge is -2.28. The summed E-state index contributed by atoms with van der Waals surface area (Å²) in [5, 5.41) is 2.52. The van der Waals surface area contributed by atoms with Gasteiger partial charge in [-0.05, 0) is 37.3 Å². The van der Waals surface area contributed by atoms with Gasteiger partial charge in [0.15, 0.2) is 6.17 Å². The molecule has 0 radical (unpaired) electrons. The first kappa shape index (κ1) is 18.8. The smallest absolute Gasteiger partial charge is 0.274 e. The van der Waals surface area contributed by atoms with E-state index in [0.29, 0.717) is 0 Å². The number of halogens is 3. The lowest BCUT2D eigenvalue weighted by atomic mass is 9.87. The summed E-state index contributed by atoms with van der Waals surface area (Å²) in [7, 11) is 0. The van der Waals surface area contributed by atoms with Crippen molar-refractivity contribution < 1.29 is 22.7 Å². The average Bonchev–Trinajstić information content (AvgIpc) is 2.75. The molecule has 142 valence electrons. The van der Waals surface area contributed by atoms with Crippen LogP contribution in [0.1, 0.15) is 23.0 Å². The topological polar surface area (TPSA) is 89.6 Å². The highest BCUT2D eigenvalue weighted by molar-refractivity contribution is 6.02. The van der Waals surface area contributed by atoms with Gasteiger partial charge < -0.3 is 15.8 Å². The van der Waals surface area contributed by atoms with E-state index in [2.05, 4.69) is 15.3 Å². The first-order valence-electron chi connectivity index (χ1n) is 8.08. The molecule has 6 nitrogen and oxygen atoms in total. The Morgan fingerprint density at radius 3 is 2.81 bits per heavy atom. The third kappa shape index (κ3) is 3.92. The molecule has 2 atom stereocenters. The normalized spacial score (nSPS) is 22.7. The molecular weight excluding hydrogens is 361 g/mol. The summed E-state index contributed by atoms with van der Waals surface area (Å²) in [6, 6.07) is 6.00. The van der Waals surface area contributed by atoms with Gasteiger partial charge in [0.2, 0.25) is 0 Å². The molecule has 27 heavy (non-hydrogen) atoms. The number of amides is 1. The number of carbonyl (C=O) groups excluding carboxylic acids is 1. The zero-order valence-electron chi connectivity index (χ0n) is 14.4. The van der Waals surface area contributed by atoms with Gasteiger partial charge >= 0.3 is 0 Å². The first-order chi connectivity index (χ1) is 12.8. The van der Waals surface area contributed by atoms with Crippen molar-refractivity contribution in [3.05, 3.63) is 59.4 Å². The summed E-state index contributed by atoms with van der Waals surface area (Å²) < 4.78 is 47.1.